The first-order chi connectivity index (χ1) is 60.3. The van der Waals surface area contributed by atoms with Crippen LogP contribution in [0.4, 0.5) is 39.5 Å². The Labute approximate surface area is 750 Å². The molecule has 127 heavy (non-hydrogen) atoms. The average molecular weight is 1860 g/mol. The molecule has 642 valence electrons. The molecule has 0 aliphatic heterocycles. The van der Waals surface area contributed by atoms with E-state index in [1.807, 2.05) is 79.7 Å². The highest BCUT2D eigenvalue weighted by atomic mass is 35.5. The molecule has 0 radical (unpaired) electrons. The predicted molar refractivity (Wildman–Crippen MR) is 478 cm³/mol. The van der Waals surface area contributed by atoms with E-state index in [0.717, 1.165) is 124 Å². The molecule has 0 amide bonds. The van der Waals surface area contributed by atoms with Crippen LogP contribution in [0.2, 0.25) is 35.2 Å². The lowest BCUT2D eigenvalue weighted by atomic mass is 10.0. The minimum atomic E-state index is -4.46. The van der Waals surface area contributed by atoms with Gasteiger partial charge in [0.15, 0.2) is 0 Å². The van der Waals surface area contributed by atoms with E-state index in [4.69, 9.17) is 96.5 Å². The lowest BCUT2D eigenvalue weighted by molar-refractivity contribution is -0.138. The zero-order chi connectivity index (χ0) is 90.3. The number of fused-ring (bicyclic) bond motifs is 4. The fourth-order valence-corrected chi connectivity index (χ4v) is 16.5. The van der Waals surface area contributed by atoms with Crippen molar-refractivity contribution in [3.8, 4) is 95.6 Å². The van der Waals surface area contributed by atoms with Gasteiger partial charge in [-0.05, 0) is 207 Å². The Bertz CT molecular complexity index is 7580. The van der Waals surface area contributed by atoms with Crippen molar-refractivity contribution in [2.75, 3.05) is 0 Å². The number of aromatic nitrogens is 12. The van der Waals surface area contributed by atoms with E-state index in [1.54, 1.807) is 102 Å². The van der Waals surface area contributed by atoms with Gasteiger partial charge in [-0.1, -0.05) is 166 Å². The molecule has 17 aromatic rings. The molecular formula is C94H65Cl7F9N13O4. The number of hydrogen-bond donors (Lipinski definition) is 4. The van der Waals surface area contributed by atoms with Gasteiger partial charge in [0.1, 0.15) is 22.6 Å². The fourth-order valence-electron chi connectivity index (χ4n) is 15.5. The number of rotatable bonds is 12. The summed E-state index contributed by atoms with van der Waals surface area (Å²) in [5.74, 6) is 0.595. The summed E-state index contributed by atoms with van der Waals surface area (Å²) < 4.78 is 125. The third-order valence-corrected chi connectivity index (χ3v) is 24.3. The van der Waals surface area contributed by atoms with Crippen molar-refractivity contribution in [1.82, 2.24) is 58.4 Å². The second-order valence-corrected chi connectivity index (χ2v) is 33.6. The number of halogens is 16. The van der Waals surface area contributed by atoms with Crippen LogP contribution in [0, 0.1) is 45.9 Å². The lowest BCUT2D eigenvalue weighted by Crippen LogP contribution is -2.11. The van der Waals surface area contributed by atoms with Crippen molar-refractivity contribution in [2.45, 2.75) is 97.1 Å². The summed E-state index contributed by atoms with van der Waals surface area (Å²) in [6, 6.07) is 56.2. The van der Waals surface area contributed by atoms with E-state index in [-0.39, 0.29) is 22.6 Å². The summed E-state index contributed by atoms with van der Waals surface area (Å²) in [4.78, 5) is 61.8. The third kappa shape index (κ3) is 18.2. The summed E-state index contributed by atoms with van der Waals surface area (Å²) in [5, 5.41) is 31.3. The minimum absolute atomic E-state index is 0.218. The van der Waals surface area contributed by atoms with Gasteiger partial charge >= 0.3 is 18.5 Å². The highest BCUT2D eigenvalue weighted by molar-refractivity contribution is 6.43. The Morgan fingerprint density at radius 2 is 0.693 bits per heavy atom. The van der Waals surface area contributed by atoms with Crippen LogP contribution in [-0.2, 0) is 24.9 Å². The highest BCUT2D eigenvalue weighted by Gasteiger charge is 2.37. The molecule has 0 spiro atoms. The topological polar surface area (TPSA) is 224 Å². The zero-order valence-electron chi connectivity index (χ0n) is 67.0. The molecule has 19 rings (SSSR count). The van der Waals surface area contributed by atoms with Gasteiger partial charge in [-0.15, -0.1) is 0 Å². The molecule has 0 unspecified atom stereocenters. The molecule has 2 aliphatic rings. The van der Waals surface area contributed by atoms with Crippen molar-refractivity contribution in [1.29, 1.82) is 5.26 Å². The summed E-state index contributed by atoms with van der Waals surface area (Å²) >= 11 is 42.9. The monoisotopic (exact) mass is 1860 g/mol. The second kappa shape index (κ2) is 34.7. The average Bonchev–Trinajstić information content (AvgIpc) is 1.59. The Balaban J connectivity index is 0.000000125. The van der Waals surface area contributed by atoms with E-state index in [9.17, 15) is 64.0 Å². The van der Waals surface area contributed by atoms with E-state index in [1.165, 1.54) is 40.9 Å². The molecule has 2 aliphatic carbocycles. The second-order valence-electron chi connectivity index (χ2n) is 30.7. The standard InChI is InChI=1S/C27H19ClF3N3O.C23H16Cl2F3N3O.C23H16Cl2N4O.C21H14Cl2F3N3O/c1-16-13-19(27(29,30)31)9-12-21(16)23-15-24(35)32-26-25(18-7-10-20(28)11-8-18)22(33-34(23)26)14-17-5-3-2-4-6-17;1-11-8-14(23(26,27)28)5-6-15(11)18-10-19(32)29-22-20(13-4-7-16(24)17(25)9-13)21(12-2-3-12)30-31(18)22;1-12-8-13(11-26)2-6-16(12)19-10-20(30)27-23-21(15-5-7-17(24)18(25)9-15)22(14-3-4-14)28-29(19)23;1-10-7-13(21(24,25)26)4-5-14(10)17-9-18(30)27-20-19(11(2)28-29(17)20)12-3-6-15(22)16(23)8-12/h2-13,15H,14H2,1H3,(H,32,35);4-10,12H,2-3H2,1H3,(H,29,32);2,5-10,14H,3-4H2,1H3,(H,27,30);3-9H,1-2H3,(H,27,30). The van der Waals surface area contributed by atoms with E-state index in [2.05, 4.69) is 31.1 Å². The molecule has 2 saturated carbocycles. The normalized spacial score (nSPS) is 12.9. The molecule has 2 fully saturated rings. The summed E-state index contributed by atoms with van der Waals surface area (Å²) in [6.07, 6.45) is -8.79. The van der Waals surface area contributed by atoms with Crippen molar-refractivity contribution in [2.24, 2.45) is 0 Å². The van der Waals surface area contributed by atoms with Crippen LogP contribution in [0.3, 0.4) is 0 Å². The van der Waals surface area contributed by atoms with Gasteiger partial charge in [-0.2, -0.15) is 65.2 Å². The van der Waals surface area contributed by atoms with E-state index >= 15 is 0 Å². The van der Waals surface area contributed by atoms with Gasteiger partial charge in [-0.25, -0.2) is 18.1 Å². The van der Waals surface area contributed by atoms with E-state index < -0.39 is 40.8 Å². The number of aromatic amines is 4. The number of alkyl halides is 9. The molecule has 8 aromatic heterocycles. The highest BCUT2D eigenvalue weighted by Crippen LogP contribution is 2.49. The number of nitriles is 1. The van der Waals surface area contributed by atoms with Gasteiger partial charge in [-0.3, -0.25) is 19.2 Å². The molecule has 4 N–H and O–H groups in total. The first-order valence-corrected chi connectivity index (χ1v) is 41.8. The molecule has 17 nitrogen and oxygen atoms in total. The lowest BCUT2D eigenvalue weighted by Gasteiger charge is -2.12. The van der Waals surface area contributed by atoms with Gasteiger partial charge < -0.3 is 19.9 Å². The van der Waals surface area contributed by atoms with Crippen molar-refractivity contribution in [3.05, 3.63) is 356 Å². The molecule has 0 bridgehead atoms. The molecule has 0 saturated heterocycles. The van der Waals surface area contributed by atoms with Crippen molar-refractivity contribution >= 4 is 104 Å². The number of nitrogens with zero attached hydrogens (tertiary/aromatic N) is 9. The summed E-state index contributed by atoms with van der Waals surface area (Å²) in [7, 11) is 0. The SMILES string of the molecule is Cc1cc(C#N)ccc1-c1cc(=O)[nH]c2c(-c3ccc(Cl)c(Cl)c3)c(C3CC3)nn12.Cc1cc(C(F)(F)F)ccc1-c1cc(=O)[nH]c2c(-c3ccc(Cl)c(Cl)c3)c(C)nn12.Cc1cc(C(F)(F)F)ccc1-c1cc(=O)[nH]c2c(-c3ccc(Cl)c(Cl)c3)c(C3CC3)nn12.Cc1cc(C(F)(F)F)ccc1-c1cc(=O)[nH]c2c(-c3ccc(Cl)cc3)c(Cc3ccccc3)nn12. The van der Waals surface area contributed by atoms with Crippen LogP contribution in [0.15, 0.2) is 225 Å². The maximum atomic E-state index is 13.2. The first kappa shape index (κ1) is 88.0. The first-order valence-electron chi connectivity index (χ1n) is 39.2. The molecular weight excluding hydrogens is 1790 g/mol. The Hall–Kier alpha value is -12.5. The van der Waals surface area contributed by atoms with Gasteiger partial charge in [0.2, 0.25) is 0 Å². The Morgan fingerprint density at radius 1 is 0.362 bits per heavy atom. The Kier molecular flexibility index (Phi) is 24.1. The van der Waals surface area contributed by atoms with Crippen LogP contribution in [0.1, 0.15) is 110 Å². The minimum Gasteiger partial charge on any atom is -0.306 e. The van der Waals surface area contributed by atoms with Crippen LogP contribution in [-0.4, -0.2) is 58.4 Å². The van der Waals surface area contributed by atoms with Crippen LogP contribution in [0.5, 0.6) is 0 Å². The third-order valence-electron chi connectivity index (χ3n) is 21.8. The number of nitrogens with one attached hydrogen (secondary N) is 4. The predicted octanol–water partition coefficient (Wildman–Crippen LogP) is 25.8. The van der Waals surface area contributed by atoms with Crippen molar-refractivity contribution < 1.29 is 39.5 Å². The number of hydrogen-bond acceptors (Lipinski definition) is 9. The van der Waals surface area contributed by atoms with Crippen LogP contribution >= 0.6 is 81.2 Å². The maximum Gasteiger partial charge on any atom is 0.416 e. The van der Waals surface area contributed by atoms with Crippen molar-refractivity contribution in [3.63, 3.8) is 0 Å². The number of aryl methyl sites for hydroxylation is 5. The smallest absolute Gasteiger partial charge is 0.306 e. The maximum absolute atomic E-state index is 13.2. The van der Waals surface area contributed by atoms with E-state index in [0.29, 0.717) is 154 Å². The Morgan fingerprint density at radius 3 is 1.04 bits per heavy atom. The molecule has 8 heterocycles. The van der Waals surface area contributed by atoms with Gasteiger partial charge in [0, 0.05) is 92.1 Å². The molecule has 0 atom stereocenters. The molecule has 33 heteroatoms. The zero-order valence-corrected chi connectivity index (χ0v) is 72.3. The fraction of sp³-hybridized carbons (Fsp3) is 0.160. The quantitative estimate of drug-likeness (QED) is 0.0853. The van der Waals surface area contributed by atoms with Crippen LogP contribution in [0.25, 0.3) is 112 Å². The summed E-state index contributed by atoms with van der Waals surface area (Å²) in [5.41, 5.74) is 15.5. The van der Waals surface area contributed by atoms with Crippen LogP contribution < -0.4 is 22.2 Å². The van der Waals surface area contributed by atoms with Gasteiger partial charge in [0.25, 0.3) is 22.2 Å². The largest absolute Gasteiger partial charge is 0.416 e. The number of benzene rings is 9. The number of H-pyrrole nitrogens is 4. The summed E-state index contributed by atoms with van der Waals surface area (Å²) in [6.45, 7) is 8.43. The van der Waals surface area contributed by atoms with Gasteiger partial charge in [0.05, 0.1) is 104 Å². The molecule has 9 aromatic carbocycles.